The normalized spacial score (nSPS) is 12.5. The van der Waals surface area contributed by atoms with Gasteiger partial charge in [-0.05, 0) is 38.8 Å². The molecule has 0 saturated carbocycles. The van der Waals surface area contributed by atoms with Crippen LogP contribution in [-0.2, 0) is 14.3 Å². The number of carboxylic acids is 2. The van der Waals surface area contributed by atoms with E-state index in [1.807, 2.05) is 0 Å². The number of rotatable bonds is 31. The average Bonchev–Trinajstić information content (AvgIpc) is 2.93. The van der Waals surface area contributed by atoms with E-state index in [0.717, 1.165) is 51.9 Å². The monoisotopic (exact) mass is 590 g/mol. The lowest BCUT2D eigenvalue weighted by Crippen LogP contribution is -2.28. The fraction of sp³-hybridized carbons (Fsp3) is 0.938. The van der Waals surface area contributed by atoms with Gasteiger partial charge in [-0.2, -0.15) is 0 Å². The smallest absolute Gasteiger partial charge is 0.329 e. The summed E-state index contributed by atoms with van der Waals surface area (Å²) in [6.45, 7) is 6.90. The molecule has 0 bridgehead atoms. The zero-order chi connectivity index (χ0) is 30.8. The number of nitrogens with one attached hydrogen (secondary N) is 2. The molecule has 0 aliphatic heterocycles. The summed E-state index contributed by atoms with van der Waals surface area (Å²) >= 11 is 0. The first-order chi connectivity index (χ1) is 19.8. The van der Waals surface area contributed by atoms with Crippen molar-refractivity contribution < 1.29 is 34.8 Å². The first kappa shape index (κ1) is 41.9. The van der Waals surface area contributed by atoms with Crippen LogP contribution in [0.3, 0.4) is 0 Å². The van der Waals surface area contributed by atoms with Crippen molar-refractivity contribution in [1.29, 1.82) is 0 Å². The molecule has 246 valence electrons. The third kappa shape index (κ3) is 40.9. The van der Waals surface area contributed by atoms with E-state index >= 15 is 0 Å². The van der Waals surface area contributed by atoms with Crippen LogP contribution >= 0.6 is 0 Å². The predicted molar refractivity (Wildman–Crippen MR) is 168 cm³/mol. The van der Waals surface area contributed by atoms with Crippen LogP contribution in [0.25, 0.3) is 0 Å². The minimum Gasteiger partial charge on any atom is -0.480 e. The summed E-state index contributed by atoms with van der Waals surface area (Å²) in [5, 5.41) is 42.7. The SMILES string of the molecule is CCCCCCCCCC(O)CNCCCCCCNCC(O)CCCCCCCCC.O=C(O)COCC(=O)O. The number of aliphatic hydroxyl groups is 2. The Labute approximate surface area is 251 Å². The van der Waals surface area contributed by atoms with Gasteiger partial charge in [0.1, 0.15) is 13.2 Å². The summed E-state index contributed by atoms with van der Waals surface area (Å²) in [4.78, 5) is 19.3. The highest BCUT2D eigenvalue weighted by Crippen LogP contribution is 2.10. The summed E-state index contributed by atoms with van der Waals surface area (Å²) in [6.07, 6.45) is 24.7. The Hall–Kier alpha value is -1.26. The van der Waals surface area contributed by atoms with Crippen LogP contribution in [0.4, 0.5) is 0 Å². The summed E-state index contributed by atoms with van der Waals surface area (Å²) in [6, 6.07) is 0. The maximum Gasteiger partial charge on any atom is 0.329 e. The third-order valence-corrected chi connectivity index (χ3v) is 6.95. The van der Waals surface area contributed by atoms with E-state index in [1.165, 1.54) is 103 Å². The Morgan fingerprint density at radius 2 is 0.854 bits per heavy atom. The number of carboxylic acid groups (broad SMARTS) is 2. The number of hydrogen-bond acceptors (Lipinski definition) is 7. The molecule has 41 heavy (non-hydrogen) atoms. The van der Waals surface area contributed by atoms with Gasteiger partial charge >= 0.3 is 11.9 Å². The molecule has 6 N–H and O–H groups in total. The molecule has 0 aromatic rings. The largest absolute Gasteiger partial charge is 0.480 e. The highest BCUT2D eigenvalue weighted by atomic mass is 16.5. The van der Waals surface area contributed by atoms with Gasteiger partial charge in [0.25, 0.3) is 0 Å². The van der Waals surface area contributed by atoms with Gasteiger partial charge in [0.05, 0.1) is 12.2 Å². The van der Waals surface area contributed by atoms with E-state index < -0.39 is 25.2 Å². The van der Waals surface area contributed by atoms with E-state index in [9.17, 15) is 19.8 Å². The van der Waals surface area contributed by atoms with Gasteiger partial charge in [-0.3, -0.25) is 0 Å². The second kappa shape index (κ2) is 34.9. The minimum atomic E-state index is -1.17. The van der Waals surface area contributed by atoms with Crippen LogP contribution < -0.4 is 10.6 Å². The molecule has 9 heteroatoms. The van der Waals surface area contributed by atoms with E-state index in [0.29, 0.717) is 0 Å². The van der Waals surface area contributed by atoms with Crippen molar-refractivity contribution >= 4 is 11.9 Å². The van der Waals surface area contributed by atoms with Gasteiger partial charge in [-0.25, -0.2) is 9.59 Å². The zero-order valence-electron chi connectivity index (χ0n) is 26.6. The molecule has 0 amide bonds. The van der Waals surface area contributed by atoms with E-state index in [2.05, 4.69) is 29.2 Å². The van der Waals surface area contributed by atoms with E-state index in [1.54, 1.807) is 0 Å². The van der Waals surface area contributed by atoms with Crippen LogP contribution in [0.2, 0.25) is 0 Å². The number of aliphatic hydroxyl groups excluding tert-OH is 2. The topological polar surface area (TPSA) is 148 Å². The lowest BCUT2D eigenvalue weighted by atomic mass is 10.1. The predicted octanol–water partition coefficient (Wildman–Crippen LogP) is 5.90. The van der Waals surface area contributed by atoms with Crippen molar-refractivity contribution in [3.63, 3.8) is 0 Å². The quantitative estimate of drug-likeness (QED) is 0.0543. The summed E-state index contributed by atoms with van der Waals surface area (Å²) < 4.78 is 4.16. The Balaban J connectivity index is 0. The first-order valence-corrected chi connectivity index (χ1v) is 16.6. The fourth-order valence-electron chi connectivity index (χ4n) is 4.49. The third-order valence-electron chi connectivity index (χ3n) is 6.95. The van der Waals surface area contributed by atoms with Crippen molar-refractivity contribution in [2.45, 2.75) is 154 Å². The maximum absolute atomic E-state index is 10.1. The molecule has 0 spiro atoms. The lowest BCUT2D eigenvalue weighted by molar-refractivity contribution is -0.148. The second-order valence-electron chi connectivity index (χ2n) is 11.2. The maximum atomic E-state index is 10.1. The van der Waals surface area contributed by atoms with Gasteiger partial charge < -0.3 is 35.8 Å². The summed E-state index contributed by atoms with van der Waals surface area (Å²) in [5.41, 5.74) is 0. The number of aliphatic carboxylic acids is 2. The van der Waals surface area contributed by atoms with Crippen molar-refractivity contribution in [2.75, 3.05) is 39.4 Å². The highest BCUT2D eigenvalue weighted by molar-refractivity contribution is 5.70. The van der Waals surface area contributed by atoms with Crippen LogP contribution in [0.5, 0.6) is 0 Å². The molecule has 2 atom stereocenters. The number of hydrogen-bond donors (Lipinski definition) is 6. The van der Waals surface area contributed by atoms with E-state index in [4.69, 9.17) is 10.2 Å². The molecule has 0 aromatic carbocycles. The first-order valence-electron chi connectivity index (χ1n) is 16.6. The van der Waals surface area contributed by atoms with Gasteiger partial charge in [0.15, 0.2) is 0 Å². The zero-order valence-corrected chi connectivity index (χ0v) is 26.6. The van der Waals surface area contributed by atoms with Crippen molar-refractivity contribution in [3.05, 3.63) is 0 Å². The Morgan fingerprint density at radius 1 is 0.537 bits per heavy atom. The van der Waals surface area contributed by atoms with Crippen LogP contribution in [0.15, 0.2) is 0 Å². The molecule has 0 aromatic heterocycles. The van der Waals surface area contributed by atoms with Crippen molar-refractivity contribution in [3.8, 4) is 0 Å². The molecule has 9 nitrogen and oxygen atoms in total. The van der Waals surface area contributed by atoms with Crippen LogP contribution in [0, 0.1) is 0 Å². The van der Waals surface area contributed by atoms with Gasteiger partial charge in [0.2, 0.25) is 0 Å². The van der Waals surface area contributed by atoms with Crippen molar-refractivity contribution in [2.24, 2.45) is 0 Å². The molecule has 0 aliphatic rings. The Morgan fingerprint density at radius 3 is 1.20 bits per heavy atom. The summed E-state index contributed by atoms with van der Waals surface area (Å²) in [5.74, 6) is -2.34. The second-order valence-corrected chi connectivity index (χ2v) is 11.2. The Bertz CT molecular complexity index is 506. The molecule has 0 radical (unpaired) electrons. The number of ether oxygens (including phenoxy) is 1. The molecule has 0 heterocycles. The molecule has 0 saturated heterocycles. The minimum absolute atomic E-state index is 0.178. The average molecular weight is 591 g/mol. The standard InChI is InChI=1S/C28H60N2O2.C4H6O5/c1-3-5-7-9-11-13-17-21-27(31)25-29-23-19-15-16-20-24-30-26-28(32)22-18-14-12-10-8-6-4-2;5-3(6)1-9-2-4(7)8/h27-32H,3-26H2,1-2H3;1-2H2,(H,5,6)(H,7,8). The van der Waals surface area contributed by atoms with Crippen LogP contribution in [0.1, 0.15) is 142 Å². The molecule has 0 rings (SSSR count). The molecule has 0 aliphatic carbocycles. The van der Waals surface area contributed by atoms with Gasteiger partial charge in [0, 0.05) is 13.1 Å². The van der Waals surface area contributed by atoms with Crippen LogP contribution in [-0.4, -0.2) is 84.0 Å². The number of unbranched alkanes of at least 4 members (excludes halogenated alkanes) is 15. The summed E-state index contributed by atoms with van der Waals surface area (Å²) in [7, 11) is 0. The highest BCUT2D eigenvalue weighted by Gasteiger charge is 2.04. The van der Waals surface area contributed by atoms with E-state index in [-0.39, 0.29) is 12.2 Å². The molecule has 0 fully saturated rings. The Kier molecular flexibility index (Phi) is 35.7. The molecule has 2 unspecified atom stereocenters. The fourth-order valence-corrected chi connectivity index (χ4v) is 4.49. The lowest BCUT2D eigenvalue weighted by Gasteiger charge is -2.12. The van der Waals surface area contributed by atoms with Gasteiger partial charge in [-0.15, -0.1) is 0 Å². The molecular formula is C32H66N2O7. The number of carbonyl (C=O) groups is 2. The molecular weight excluding hydrogens is 524 g/mol. The van der Waals surface area contributed by atoms with Gasteiger partial charge in [-0.1, -0.05) is 117 Å². The van der Waals surface area contributed by atoms with Crippen molar-refractivity contribution in [1.82, 2.24) is 10.6 Å².